The van der Waals surface area contributed by atoms with Crippen molar-refractivity contribution in [2.45, 2.75) is 10.9 Å². The van der Waals surface area contributed by atoms with E-state index in [1.807, 2.05) is 5.48 Å². The maximum Gasteiger partial charge on any atom is 0.345 e. The van der Waals surface area contributed by atoms with Crippen LogP contribution in [0.3, 0.4) is 0 Å². The molecular formula is C8H8N2O6S2. The number of carboxylic acid groups (broad SMARTS) is 1. The molecule has 0 unspecified atom stereocenters. The second-order valence-electron chi connectivity index (χ2n) is 3.40. The molecule has 1 amide bonds. The van der Waals surface area contributed by atoms with E-state index in [1.54, 1.807) is 0 Å². The molecule has 0 aliphatic carbocycles. The third-order valence-corrected chi connectivity index (χ3v) is 4.65. The summed E-state index contributed by atoms with van der Waals surface area (Å²) in [5, 5.41) is 9.90. The molecule has 3 N–H and O–H groups in total. The molecule has 8 nitrogen and oxygen atoms in total. The summed E-state index contributed by atoms with van der Waals surface area (Å²) >= 11 is 0.793. The second-order valence-corrected chi connectivity index (χ2v) is 6.03. The number of carboxylic acids is 1. The zero-order valence-electron chi connectivity index (χ0n) is 8.74. The van der Waals surface area contributed by atoms with Gasteiger partial charge in [0.05, 0.1) is 4.90 Å². The topological polar surface area (TPSA) is 122 Å². The molecule has 10 heteroatoms. The first-order valence-electron chi connectivity index (χ1n) is 4.66. The van der Waals surface area contributed by atoms with Crippen molar-refractivity contribution in [1.82, 2.24) is 10.2 Å². The molecule has 2 rings (SSSR count). The fourth-order valence-corrected chi connectivity index (χ4v) is 3.55. The number of nitrogens with one attached hydrogen (secondary N) is 2. The summed E-state index contributed by atoms with van der Waals surface area (Å²) in [6, 6.07) is 0.0199. The fraction of sp³-hybridized carbons (Fsp3) is 0.250. The molecule has 0 spiro atoms. The van der Waals surface area contributed by atoms with Gasteiger partial charge in [0.1, 0.15) is 17.5 Å². The zero-order valence-corrected chi connectivity index (χ0v) is 10.4. The Morgan fingerprint density at radius 2 is 2.33 bits per heavy atom. The van der Waals surface area contributed by atoms with Crippen molar-refractivity contribution >= 4 is 33.2 Å². The molecule has 1 aliphatic heterocycles. The third kappa shape index (κ3) is 2.51. The van der Waals surface area contributed by atoms with E-state index in [9.17, 15) is 18.0 Å². The van der Waals surface area contributed by atoms with Crippen molar-refractivity contribution in [2.24, 2.45) is 0 Å². The lowest BCUT2D eigenvalue weighted by molar-refractivity contribution is -0.124. The van der Waals surface area contributed by atoms with Gasteiger partial charge in [0, 0.05) is 5.38 Å². The minimum absolute atomic E-state index is 0.0949. The van der Waals surface area contributed by atoms with E-state index in [2.05, 4.69) is 9.56 Å². The summed E-state index contributed by atoms with van der Waals surface area (Å²) in [4.78, 5) is 26.1. The van der Waals surface area contributed by atoms with E-state index in [-0.39, 0.29) is 16.4 Å². The van der Waals surface area contributed by atoms with Gasteiger partial charge in [-0.25, -0.2) is 18.7 Å². The van der Waals surface area contributed by atoms with E-state index in [0.717, 1.165) is 17.4 Å². The highest BCUT2D eigenvalue weighted by molar-refractivity contribution is 7.89. The summed E-state index contributed by atoms with van der Waals surface area (Å²) in [6.45, 7) is -0.117. The molecule has 0 saturated carbocycles. The number of thiophene rings is 1. The second kappa shape index (κ2) is 4.65. The van der Waals surface area contributed by atoms with Gasteiger partial charge in [-0.1, -0.05) is 0 Å². The van der Waals surface area contributed by atoms with Crippen LogP contribution in [0, 0.1) is 0 Å². The molecule has 0 radical (unpaired) electrons. The Balaban J connectivity index is 2.19. The third-order valence-electron chi connectivity index (χ3n) is 2.13. The highest BCUT2D eigenvalue weighted by Crippen LogP contribution is 2.19. The Morgan fingerprint density at radius 1 is 1.61 bits per heavy atom. The highest BCUT2D eigenvalue weighted by Gasteiger charge is 2.31. The molecule has 0 bridgehead atoms. The van der Waals surface area contributed by atoms with Crippen LogP contribution in [0.1, 0.15) is 9.67 Å². The first-order valence-corrected chi connectivity index (χ1v) is 7.02. The summed E-state index contributed by atoms with van der Waals surface area (Å²) in [5.74, 6) is -1.80. The van der Waals surface area contributed by atoms with Crippen LogP contribution in [-0.4, -0.2) is 38.0 Å². The van der Waals surface area contributed by atoms with Crippen LogP contribution in [0.15, 0.2) is 16.3 Å². The molecule has 1 aromatic rings. The van der Waals surface area contributed by atoms with Gasteiger partial charge in [0.25, 0.3) is 5.91 Å². The van der Waals surface area contributed by atoms with Gasteiger partial charge in [0.15, 0.2) is 0 Å². The van der Waals surface area contributed by atoms with E-state index in [4.69, 9.17) is 5.11 Å². The Hall–Kier alpha value is -1.49. The number of hydroxylamine groups is 1. The number of carbonyl (C=O) groups is 2. The zero-order chi connectivity index (χ0) is 13.3. The predicted molar refractivity (Wildman–Crippen MR) is 59.5 cm³/mol. The lowest BCUT2D eigenvalue weighted by Gasteiger charge is -2.07. The summed E-state index contributed by atoms with van der Waals surface area (Å²) < 4.78 is 25.8. The quantitative estimate of drug-likeness (QED) is 0.665. The fourth-order valence-electron chi connectivity index (χ4n) is 1.26. The molecule has 1 saturated heterocycles. The SMILES string of the molecule is O=C(O)c1cc(S(=O)(=O)N[C@@H]2CONC2=O)cs1. The predicted octanol–water partition coefficient (Wildman–Crippen LogP) is -0.845. The summed E-state index contributed by atoms with van der Waals surface area (Å²) in [7, 11) is -3.93. The summed E-state index contributed by atoms with van der Waals surface area (Å²) in [5.41, 5.74) is 2.01. The van der Waals surface area contributed by atoms with Crippen molar-refractivity contribution < 1.29 is 28.0 Å². The average molecular weight is 292 g/mol. The van der Waals surface area contributed by atoms with Gasteiger partial charge >= 0.3 is 5.97 Å². The molecule has 1 aliphatic rings. The van der Waals surface area contributed by atoms with Gasteiger partial charge in [-0.3, -0.25) is 9.63 Å². The first kappa shape index (κ1) is 13.0. The Kier molecular flexibility index (Phi) is 3.34. The Morgan fingerprint density at radius 3 is 2.83 bits per heavy atom. The van der Waals surface area contributed by atoms with Gasteiger partial charge in [-0.2, -0.15) is 4.72 Å². The summed E-state index contributed by atoms with van der Waals surface area (Å²) in [6.07, 6.45) is 0. The first-order chi connectivity index (χ1) is 8.40. The molecule has 1 atom stereocenters. The average Bonchev–Trinajstić information content (AvgIpc) is 2.88. The van der Waals surface area contributed by atoms with Crippen LogP contribution >= 0.6 is 11.3 Å². The molecule has 2 heterocycles. The largest absolute Gasteiger partial charge is 0.477 e. The van der Waals surface area contributed by atoms with Crippen molar-refractivity contribution in [2.75, 3.05) is 6.61 Å². The van der Waals surface area contributed by atoms with Crippen LogP contribution in [0.2, 0.25) is 0 Å². The number of rotatable bonds is 4. The number of hydrogen-bond acceptors (Lipinski definition) is 6. The Labute approximate surface area is 106 Å². The smallest absolute Gasteiger partial charge is 0.345 e. The number of hydrogen-bond donors (Lipinski definition) is 3. The monoisotopic (exact) mass is 292 g/mol. The van der Waals surface area contributed by atoms with Crippen molar-refractivity contribution in [1.29, 1.82) is 0 Å². The van der Waals surface area contributed by atoms with Crippen molar-refractivity contribution in [3.63, 3.8) is 0 Å². The molecule has 0 aromatic carbocycles. The van der Waals surface area contributed by atoms with Crippen LogP contribution < -0.4 is 10.2 Å². The minimum atomic E-state index is -3.93. The van der Waals surface area contributed by atoms with Crippen molar-refractivity contribution in [3.8, 4) is 0 Å². The number of aromatic carboxylic acids is 1. The van der Waals surface area contributed by atoms with E-state index >= 15 is 0 Å². The lowest BCUT2D eigenvalue weighted by atomic mass is 10.3. The standard InChI is InChI=1S/C8H8N2O6S2/c11-7-5(2-16-9-7)10-18(14,15)4-1-6(8(12)13)17-3-4/h1,3,5,10H,2H2,(H,9,11)(H,12,13)/t5-/m1/s1. The maximum absolute atomic E-state index is 11.8. The van der Waals surface area contributed by atoms with Crippen LogP contribution in [-0.2, 0) is 19.7 Å². The van der Waals surface area contributed by atoms with E-state index in [0.29, 0.717) is 0 Å². The minimum Gasteiger partial charge on any atom is -0.477 e. The molecular weight excluding hydrogens is 284 g/mol. The van der Waals surface area contributed by atoms with Gasteiger partial charge in [-0.15, -0.1) is 11.3 Å². The van der Waals surface area contributed by atoms with Crippen LogP contribution in [0.4, 0.5) is 0 Å². The Bertz CT molecular complexity index is 592. The van der Waals surface area contributed by atoms with Crippen LogP contribution in [0.25, 0.3) is 0 Å². The van der Waals surface area contributed by atoms with Gasteiger partial charge in [-0.05, 0) is 6.07 Å². The number of carbonyl (C=O) groups excluding carboxylic acids is 1. The molecule has 1 aromatic heterocycles. The normalized spacial score (nSPS) is 19.8. The molecule has 18 heavy (non-hydrogen) atoms. The van der Waals surface area contributed by atoms with Crippen LogP contribution in [0.5, 0.6) is 0 Å². The van der Waals surface area contributed by atoms with E-state index < -0.39 is 27.9 Å². The van der Waals surface area contributed by atoms with E-state index in [1.165, 1.54) is 5.38 Å². The molecule has 1 fully saturated rings. The maximum atomic E-state index is 11.8. The van der Waals surface area contributed by atoms with Gasteiger partial charge < -0.3 is 5.11 Å². The molecule has 98 valence electrons. The van der Waals surface area contributed by atoms with Crippen molar-refractivity contribution in [3.05, 3.63) is 16.3 Å². The lowest BCUT2D eigenvalue weighted by Crippen LogP contribution is -2.41. The number of amides is 1. The van der Waals surface area contributed by atoms with Gasteiger partial charge in [0.2, 0.25) is 10.0 Å². The number of sulfonamides is 1. The highest BCUT2D eigenvalue weighted by atomic mass is 32.2.